The second kappa shape index (κ2) is 5.42. The third-order valence-electron chi connectivity index (χ3n) is 2.80. The third-order valence-corrected chi connectivity index (χ3v) is 6.06. The standard InChI is InChI=1S/C12H17NO2S2/c1-13-8-10-2-4-11(5-3-10)16-12-6-7-17(14,15)9-12/h2-5,12-13H,6-9H2,1H3. The fourth-order valence-electron chi connectivity index (χ4n) is 1.94. The summed E-state index contributed by atoms with van der Waals surface area (Å²) in [5, 5.41) is 3.33. The molecule has 0 saturated carbocycles. The van der Waals surface area contributed by atoms with Crippen LogP contribution in [0.25, 0.3) is 0 Å². The van der Waals surface area contributed by atoms with E-state index in [1.54, 1.807) is 11.8 Å². The highest BCUT2D eigenvalue weighted by molar-refractivity contribution is 8.01. The fourth-order valence-corrected chi connectivity index (χ4v) is 5.44. The lowest BCUT2D eigenvalue weighted by atomic mass is 10.2. The first-order chi connectivity index (χ1) is 8.09. The summed E-state index contributed by atoms with van der Waals surface area (Å²) in [6, 6.07) is 8.31. The van der Waals surface area contributed by atoms with Gasteiger partial charge in [-0.15, -0.1) is 11.8 Å². The van der Waals surface area contributed by atoms with E-state index in [-0.39, 0.29) is 5.25 Å². The van der Waals surface area contributed by atoms with Crippen LogP contribution in [0.1, 0.15) is 12.0 Å². The Balaban J connectivity index is 1.95. The molecular weight excluding hydrogens is 254 g/mol. The van der Waals surface area contributed by atoms with Gasteiger partial charge in [0.25, 0.3) is 0 Å². The van der Waals surface area contributed by atoms with Gasteiger partial charge in [0, 0.05) is 16.7 Å². The molecule has 1 atom stereocenters. The average Bonchev–Trinajstić information content (AvgIpc) is 2.61. The summed E-state index contributed by atoms with van der Waals surface area (Å²) in [6.07, 6.45) is 0.783. The van der Waals surface area contributed by atoms with Crippen LogP contribution in [0, 0.1) is 0 Å². The third kappa shape index (κ3) is 3.72. The minimum Gasteiger partial charge on any atom is -0.316 e. The number of thioether (sulfide) groups is 1. The molecule has 1 aliphatic rings. The van der Waals surface area contributed by atoms with Crippen molar-refractivity contribution in [3.05, 3.63) is 29.8 Å². The molecular formula is C12H17NO2S2. The van der Waals surface area contributed by atoms with Gasteiger partial charge in [0.05, 0.1) is 11.5 Å². The Kier molecular flexibility index (Phi) is 4.12. The Hall–Kier alpha value is -0.520. The number of hydrogen-bond donors (Lipinski definition) is 1. The van der Waals surface area contributed by atoms with E-state index in [4.69, 9.17) is 0 Å². The lowest BCUT2D eigenvalue weighted by molar-refractivity contribution is 0.602. The van der Waals surface area contributed by atoms with Crippen LogP contribution in [0.4, 0.5) is 0 Å². The molecule has 0 amide bonds. The number of rotatable bonds is 4. The topological polar surface area (TPSA) is 46.2 Å². The number of hydrogen-bond acceptors (Lipinski definition) is 4. The average molecular weight is 271 g/mol. The molecule has 1 unspecified atom stereocenters. The number of sulfone groups is 1. The first-order valence-corrected chi connectivity index (χ1v) is 8.40. The molecule has 0 spiro atoms. The minimum absolute atomic E-state index is 0.232. The molecule has 0 radical (unpaired) electrons. The summed E-state index contributed by atoms with van der Waals surface area (Å²) in [6.45, 7) is 0.864. The van der Waals surface area contributed by atoms with Crippen molar-refractivity contribution in [1.29, 1.82) is 0 Å². The predicted molar refractivity (Wildman–Crippen MR) is 72.1 cm³/mol. The predicted octanol–water partition coefficient (Wildman–Crippen LogP) is 1.69. The van der Waals surface area contributed by atoms with Crippen LogP contribution < -0.4 is 5.32 Å². The normalized spacial score (nSPS) is 22.8. The van der Waals surface area contributed by atoms with Crippen LogP contribution in [0.5, 0.6) is 0 Å². The minimum atomic E-state index is -2.76. The zero-order valence-electron chi connectivity index (χ0n) is 9.85. The van der Waals surface area contributed by atoms with Crippen LogP contribution in [-0.2, 0) is 16.4 Å². The van der Waals surface area contributed by atoms with Gasteiger partial charge in [-0.05, 0) is 31.2 Å². The van der Waals surface area contributed by atoms with Crippen molar-refractivity contribution in [3.8, 4) is 0 Å². The van der Waals surface area contributed by atoms with Crippen LogP contribution in [0.15, 0.2) is 29.2 Å². The molecule has 1 heterocycles. The van der Waals surface area contributed by atoms with Crippen molar-refractivity contribution in [2.75, 3.05) is 18.6 Å². The summed E-state index contributed by atoms with van der Waals surface area (Å²) < 4.78 is 22.7. The van der Waals surface area contributed by atoms with Crippen LogP contribution in [0.3, 0.4) is 0 Å². The maximum absolute atomic E-state index is 11.3. The maximum atomic E-state index is 11.3. The van der Waals surface area contributed by atoms with E-state index in [2.05, 4.69) is 29.6 Å². The molecule has 17 heavy (non-hydrogen) atoms. The van der Waals surface area contributed by atoms with Crippen molar-refractivity contribution < 1.29 is 8.42 Å². The quantitative estimate of drug-likeness (QED) is 0.905. The molecule has 1 aromatic rings. The zero-order chi connectivity index (χ0) is 12.3. The van der Waals surface area contributed by atoms with Gasteiger partial charge in [-0.3, -0.25) is 0 Å². The summed E-state index contributed by atoms with van der Waals surface area (Å²) in [5.41, 5.74) is 1.25. The van der Waals surface area contributed by atoms with Gasteiger partial charge in [0.2, 0.25) is 0 Å². The highest BCUT2D eigenvalue weighted by Gasteiger charge is 2.28. The Morgan fingerprint density at radius 3 is 2.59 bits per heavy atom. The van der Waals surface area contributed by atoms with E-state index < -0.39 is 9.84 Å². The molecule has 1 N–H and O–H groups in total. The van der Waals surface area contributed by atoms with E-state index in [1.807, 2.05) is 7.05 Å². The molecule has 0 aromatic heterocycles. The van der Waals surface area contributed by atoms with E-state index in [1.165, 1.54) is 5.56 Å². The van der Waals surface area contributed by atoms with Gasteiger partial charge in [-0.1, -0.05) is 12.1 Å². The molecule has 1 aliphatic heterocycles. The van der Waals surface area contributed by atoms with Crippen LogP contribution >= 0.6 is 11.8 Å². The second-order valence-corrected chi connectivity index (χ2v) is 7.92. The van der Waals surface area contributed by atoms with E-state index in [9.17, 15) is 8.42 Å². The molecule has 0 bridgehead atoms. The largest absolute Gasteiger partial charge is 0.316 e. The van der Waals surface area contributed by atoms with Crippen molar-refractivity contribution >= 4 is 21.6 Å². The van der Waals surface area contributed by atoms with Crippen molar-refractivity contribution in [3.63, 3.8) is 0 Å². The Bertz CT molecular complexity index is 468. The van der Waals surface area contributed by atoms with E-state index in [0.717, 1.165) is 17.9 Å². The Morgan fingerprint density at radius 2 is 2.06 bits per heavy atom. The van der Waals surface area contributed by atoms with Crippen LogP contribution in [-0.4, -0.2) is 32.2 Å². The summed E-state index contributed by atoms with van der Waals surface area (Å²) in [5.74, 6) is 0.679. The van der Waals surface area contributed by atoms with E-state index >= 15 is 0 Å². The molecule has 3 nitrogen and oxygen atoms in total. The Morgan fingerprint density at radius 1 is 1.35 bits per heavy atom. The lowest BCUT2D eigenvalue weighted by Gasteiger charge is -2.08. The van der Waals surface area contributed by atoms with Gasteiger partial charge in [-0.2, -0.15) is 0 Å². The molecule has 0 aliphatic carbocycles. The van der Waals surface area contributed by atoms with Gasteiger partial charge < -0.3 is 5.32 Å². The van der Waals surface area contributed by atoms with Gasteiger partial charge >= 0.3 is 0 Å². The summed E-state index contributed by atoms with van der Waals surface area (Å²) in [7, 11) is -0.841. The summed E-state index contributed by atoms with van der Waals surface area (Å²) in [4.78, 5) is 1.16. The maximum Gasteiger partial charge on any atom is 0.151 e. The van der Waals surface area contributed by atoms with Crippen molar-refractivity contribution in [2.24, 2.45) is 0 Å². The van der Waals surface area contributed by atoms with Crippen LogP contribution in [0.2, 0.25) is 0 Å². The molecule has 1 fully saturated rings. The van der Waals surface area contributed by atoms with Crippen molar-refractivity contribution in [1.82, 2.24) is 5.32 Å². The zero-order valence-corrected chi connectivity index (χ0v) is 11.5. The molecule has 94 valence electrons. The van der Waals surface area contributed by atoms with Gasteiger partial charge in [-0.25, -0.2) is 8.42 Å². The number of nitrogens with one attached hydrogen (secondary N) is 1. The highest BCUT2D eigenvalue weighted by atomic mass is 32.2. The molecule has 1 aromatic carbocycles. The lowest BCUT2D eigenvalue weighted by Crippen LogP contribution is -2.06. The van der Waals surface area contributed by atoms with Crippen molar-refractivity contribution in [2.45, 2.75) is 23.1 Å². The fraction of sp³-hybridized carbons (Fsp3) is 0.500. The number of benzene rings is 1. The first kappa shape index (κ1) is 12.9. The van der Waals surface area contributed by atoms with Gasteiger partial charge in [0.15, 0.2) is 9.84 Å². The monoisotopic (exact) mass is 271 g/mol. The van der Waals surface area contributed by atoms with Gasteiger partial charge in [0.1, 0.15) is 0 Å². The summed E-state index contributed by atoms with van der Waals surface area (Å²) >= 11 is 1.68. The first-order valence-electron chi connectivity index (χ1n) is 5.70. The highest BCUT2D eigenvalue weighted by Crippen LogP contribution is 2.30. The molecule has 2 rings (SSSR count). The smallest absolute Gasteiger partial charge is 0.151 e. The second-order valence-electron chi connectivity index (χ2n) is 4.32. The molecule has 5 heteroatoms. The van der Waals surface area contributed by atoms with E-state index in [0.29, 0.717) is 11.5 Å². The molecule has 1 saturated heterocycles. The SMILES string of the molecule is CNCc1ccc(SC2CCS(=O)(=O)C2)cc1. The Labute approximate surface area is 107 Å².